The molecule has 2 aromatic heterocycles. The number of rotatable bonds is 9. The van der Waals surface area contributed by atoms with Gasteiger partial charge in [-0.3, -0.25) is 14.2 Å². The van der Waals surface area contributed by atoms with Crippen molar-refractivity contribution in [1.82, 2.24) is 25.1 Å². The summed E-state index contributed by atoms with van der Waals surface area (Å²) in [5.41, 5.74) is 5.12. The fraction of sp³-hybridized carbons (Fsp3) is 0.182. The number of amides is 2. The van der Waals surface area contributed by atoms with Gasteiger partial charge in [0.15, 0.2) is 11.0 Å². The van der Waals surface area contributed by atoms with Gasteiger partial charge in [0.05, 0.1) is 28.9 Å². The van der Waals surface area contributed by atoms with E-state index in [9.17, 15) is 14.0 Å². The number of aryl methyl sites for hydroxylation is 2. The van der Waals surface area contributed by atoms with Gasteiger partial charge < -0.3 is 5.32 Å². The zero-order chi connectivity index (χ0) is 30.6. The first-order valence-electron chi connectivity index (χ1n) is 14.0. The van der Waals surface area contributed by atoms with Crippen LogP contribution in [0, 0.1) is 19.7 Å². The van der Waals surface area contributed by atoms with E-state index in [4.69, 9.17) is 5.10 Å². The van der Waals surface area contributed by atoms with E-state index in [1.165, 1.54) is 30.0 Å². The Morgan fingerprint density at radius 3 is 2.55 bits per heavy atom. The molecule has 0 spiro atoms. The standard InChI is InChI=1S/C33H29FN6O2S2/c1-21-11-13-23(14-12-21)28-18-27(29-10-5-15-43-29)38-40(28)31(41)20-44-33-37-36-30(39(33)26-9-3-6-22(2)16-26)19-35-32(42)24-7-4-8-25(34)17-24/h3-17,28H,18-20H2,1-2H3,(H,35,42)/t28-/m0/s1. The molecule has 11 heteroatoms. The van der Waals surface area contributed by atoms with E-state index in [-0.39, 0.29) is 29.8 Å². The molecule has 0 fully saturated rings. The molecule has 1 atom stereocenters. The Balaban J connectivity index is 1.24. The lowest BCUT2D eigenvalue weighted by atomic mass is 10.00. The Labute approximate surface area is 262 Å². The Morgan fingerprint density at radius 1 is 0.977 bits per heavy atom. The van der Waals surface area contributed by atoms with Crippen molar-refractivity contribution >= 4 is 40.6 Å². The minimum absolute atomic E-state index is 0.0564. The third kappa shape index (κ3) is 6.48. The highest BCUT2D eigenvalue weighted by molar-refractivity contribution is 7.99. The minimum Gasteiger partial charge on any atom is -0.345 e. The normalized spacial score (nSPS) is 14.5. The first-order valence-corrected chi connectivity index (χ1v) is 15.9. The number of hydrogen-bond acceptors (Lipinski definition) is 7. The summed E-state index contributed by atoms with van der Waals surface area (Å²) in [6.45, 7) is 4.08. The quantitative estimate of drug-likeness (QED) is 0.190. The second-order valence-electron chi connectivity index (χ2n) is 10.4. The number of benzene rings is 3. The fourth-order valence-corrected chi connectivity index (χ4v) is 6.54. The van der Waals surface area contributed by atoms with Crippen molar-refractivity contribution in [2.45, 2.75) is 38.0 Å². The van der Waals surface area contributed by atoms with Crippen LogP contribution in [0.25, 0.3) is 5.69 Å². The molecule has 5 aromatic rings. The summed E-state index contributed by atoms with van der Waals surface area (Å²) in [6, 6.07) is 25.3. The maximum Gasteiger partial charge on any atom is 0.253 e. The molecule has 0 aliphatic carbocycles. The molecule has 2 amide bonds. The second kappa shape index (κ2) is 12.9. The number of carbonyl (C=O) groups is 2. The van der Waals surface area contributed by atoms with Crippen molar-refractivity contribution in [3.8, 4) is 5.69 Å². The second-order valence-corrected chi connectivity index (χ2v) is 12.3. The Hall–Kier alpha value is -4.61. The number of thiophene rings is 1. The van der Waals surface area contributed by atoms with Gasteiger partial charge >= 0.3 is 0 Å². The summed E-state index contributed by atoms with van der Waals surface area (Å²) in [6.07, 6.45) is 0.634. The smallest absolute Gasteiger partial charge is 0.253 e. The average Bonchev–Trinajstić information content (AvgIpc) is 3.79. The molecule has 0 bridgehead atoms. The fourth-order valence-electron chi connectivity index (χ4n) is 5.00. The van der Waals surface area contributed by atoms with Crippen LogP contribution < -0.4 is 5.32 Å². The molecule has 3 heterocycles. The van der Waals surface area contributed by atoms with Crippen molar-refractivity contribution in [3.63, 3.8) is 0 Å². The molecule has 1 N–H and O–H groups in total. The van der Waals surface area contributed by atoms with Crippen molar-refractivity contribution in [2.24, 2.45) is 5.10 Å². The average molecular weight is 625 g/mol. The van der Waals surface area contributed by atoms with Crippen LogP contribution in [0.4, 0.5) is 4.39 Å². The molecule has 44 heavy (non-hydrogen) atoms. The third-order valence-electron chi connectivity index (χ3n) is 7.21. The highest BCUT2D eigenvalue weighted by Crippen LogP contribution is 2.35. The minimum atomic E-state index is -0.488. The lowest BCUT2D eigenvalue weighted by Crippen LogP contribution is -2.28. The van der Waals surface area contributed by atoms with Gasteiger partial charge in [0.2, 0.25) is 0 Å². The number of carbonyl (C=O) groups excluding carboxylic acids is 2. The number of hydrogen-bond donors (Lipinski definition) is 1. The van der Waals surface area contributed by atoms with Gasteiger partial charge in [-0.15, -0.1) is 21.5 Å². The topological polar surface area (TPSA) is 92.5 Å². The van der Waals surface area contributed by atoms with E-state index in [1.807, 2.05) is 60.2 Å². The van der Waals surface area contributed by atoms with Crippen molar-refractivity contribution in [3.05, 3.63) is 129 Å². The van der Waals surface area contributed by atoms with Gasteiger partial charge in [0.25, 0.3) is 11.8 Å². The first kappa shape index (κ1) is 29.5. The van der Waals surface area contributed by atoms with E-state index in [0.29, 0.717) is 17.4 Å². The maximum atomic E-state index is 13.7. The molecule has 3 aromatic carbocycles. The SMILES string of the molecule is Cc1ccc([C@@H]2CC(c3cccs3)=NN2C(=O)CSc2nnc(CNC(=O)c3cccc(F)c3)n2-c2cccc(C)c2)cc1. The molecule has 6 rings (SSSR count). The lowest BCUT2D eigenvalue weighted by molar-refractivity contribution is -0.130. The summed E-state index contributed by atoms with van der Waals surface area (Å²) in [5.74, 6) is -0.496. The molecular weight excluding hydrogens is 596 g/mol. The van der Waals surface area contributed by atoms with Crippen LogP contribution in [0.1, 0.15) is 50.2 Å². The van der Waals surface area contributed by atoms with Crippen LogP contribution >= 0.6 is 23.1 Å². The lowest BCUT2D eigenvalue weighted by Gasteiger charge is -2.22. The molecule has 0 saturated carbocycles. The zero-order valence-electron chi connectivity index (χ0n) is 24.1. The molecule has 222 valence electrons. The van der Waals surface area contributed by atoms with Gasteiger partial charge in [-0.25, -0.2) is 9.40 Å². The largest absolute Gasteiger partial charge is 0.345 e. The molecule has 0 saturated heterocycles. The predicted octanol–water partition coefficient (Wildman–Crippen LogP) is 6.48. The van der Waals surface area contributed by atoms with Crippen LogP contribution in [0.5, 0.6) is 0 Å². The summed E-state index contributed by atoms with van der Waals surface area (Å²) >= 11 is 2.87. The number of halogens is 1. The van der Waals surface area contributed by atoms with Crippen molar-refractivity contribution in [1.29, 1.82) is 0 Å². The van der Waals surface area contributed by atoms with Crippen LogP contribution in [0.2, 0.25) is 0 Å². The van der Waals surface area contributed by atoms with E-state index in [0.717, 1.165) is 33.0 Å². The number of hydrazone groups is 1. The Bertz CT molecular complexity index is 1840. The summed E-state index contributed by atoms with van der Waals surface area (Å²) in [7, 11) is 0. The number of nitrogens with one attached hydrogen (secondary N) is 1. The Kier molecular flexibility index (Phi) is 8.67. The zero-order valence-corrected chi connectivity index (χ0v) is 25.7. The van der Waals surface area contributed by atoms with E-state index in [1.54, 1.807) is 22.4 Å². The van der Waals surface area contributed by atoms with Crippen LogP contribution in [0.3, 0.4) is 0 Å². The van der Waals surface area contributed by atoms with Crippen molar-refractivity contribution in [2.75, 3.05) is 5.75 Å². The number of aromatic nitrogens is 3. The molecule has 1 aliphatic rings. The highest BCUT2D eigenvalue weighted by Gasteiger charge is 2.33. The molecule has 0 unspecified atom stereocenters. The summed E-state index contributed by atoms with van der Waals surface area (Å²) in [5, 5.41) is 20.4. The summed E-state index contributed by atoms with van der Waals surface area (Å²) in [4.78, 5) is 27.5. The van der Waals surface area contributed by atoms with Gasteiger partial charge in [-0.2, -0.15) is 5.10 Å². The van der Waals surface area contributed by atoms with E-state index >= 15 is 0 Å². The van der Waals surface area contributed by atoms with Crippen LogP contribution in [-0.4, -0.2) is 43.1 Å². The van der Waals surface area contributed by atoms with Crippen LogP contribution in [-0.2, 0) is 11.3 Å². The highest BCUT2D eigenvalue weighted by atomic mass is 32.2. The van der Waals surface area contributed by atoms with Gasteiger partial charge in [-0.1, -0.05) is 65.9 Å². The van der Waals surface area contributed by atoms with Gasteiger partial charge in [0, 0.05) is 17.7 Å². The van der Waals surface area contributed by atoms with Gasteiger partial charge in [-0.05, 0) is 66.8 Å². The third-order valence-corrected chi connectivity index (χ3v) is 9.05. The predicted molar refractivity (Wildman–Crippen MR) is 171 cm³/mol. The summed E-state index contributed by atoms with van der Waals surface area (Å²) < 4.78 is 15.5. The van der Waals surface area contributed by atoms with Gasteiger partial charge in [0.1, 0.15) is 5.82 Å². The molecule has 0 radical (unpaired) electrons. The number of nitrogens with zero attached hydrogens (tertiary/aromatic N) is 5. The first-order chi connectivity index (χ1) is 21.4. The van der Waals surface area contributed by atoms with Crippen LogP contribution in [0.15, 0.2) is 101 Å². The molecule has 8 nitrogen and oxygen atoms in total. The maximum absolute atomic E-state index is 13.7. The van der Waals surface area contributed by atoms with Crippen molar-refractivity contribution < 1.29 is 14.0 Å². The molecule has 1 aliphatic heterocycles. The number of thioether (sulfide) groups is 1. The van der Waals surface area contributed by atoms with E-state index in [2.05, 4.69) is 39.8 Å². The van der Waals surface area contributed by atoms with E-state index < -0.39 is 11.7 Å². The molecular formula is C33H29FN6O2S2. The Morgan fingerprint density at radius 2 is 1.80 bits per heavy atom. The monoisotopic (exact) mass is 624 g/mol.